The summed E-state index contributed by atoms with van der Waals surface area (Å²) >= 11 is 0. The molecule has 0 aliphatic carbocycles. The normalized spacial score (nSPS) is 11.7. The molecule has 0 unspecified atom stereocenters. The molecule has 0 bridgehead atoms. The quantitative estimate of drug-likeness (QED) is 0.571. The van der Waals surface area contributed by atoms with Gasteiger partial charge in [0.05, 0.1) is 5.60 Å². The van der Waals surface area contributed by atoms with Crippen molar-refractivity contribution in [1.82, 2.24) is 0 Å². The van der Waals surface area contributed by atoms with Gasteiger partial charge in [-0.1, -0.05) is 12.8 Å². The summed E-state index contributed by atoms with van der Waals surface area (Å²) in [5.74, 6) is 0.297. The van der Waals surface area contributed by atoms with Gasteiger partial charge < -0.3 is 9.53 Å². The molecule has 0 saturated heterocycles. The Morgan fingerprint density at radius 3 is 2.31 bits per heavy atom. The maximum Gasteiger partial charge on any atom is 0.129 e. The van der Waals surface area contributed by atoms with E-state index in [-0.39, 0.29) is 5.60 Å². The maximum atomic E-state index is 10.6. The van der Waals surface area contributed by atoms with Crippen LogP contribution in [0.1, 0.15) is 52.9 Å². The van der Waals surface area contributed by atoms with Gasteiger partial charge in [0, 0.05) is 13.5 Å². The summed E-state index contributed by atoms with van der Waals surface area (Å²) in [6.45, 7) is 5.84. The number of hydrogen-bond acceptors (Lipinski definition) is 2. The van der Waals surface area contributed by atoms with Gasteiger partial charge in [0.2, 0.25) is 0 Å². The fourth-order valence-electron chi connectivity index (χ4n) is 1.20. The topological polar surface area (TPSA) is 26.3 Å². The molecular formula is C11H22O2. The monoisotopic (exact) mass is 186 g/mol. The Bertz CT molecular complexity index is 150. The molecular weight excluding hydrogens is 164 g/mol. The van der Waals surface area contributed by atoms with E-state index in [1.165, 1.54) is 0 Å². The standard InChI is InChI=1S/C11H22O2/c1-10(12)8-6-5-7-9-11(2,3)13-4/h5-9H2,1-4H3. The van der Waals surface area contributed by atoms with Crippen molar-refractivity contribution >= 4 is 5.78 Å². The number of carbonyl (C=O) groups excluding carboxylic acids is 1. The van der Waals surface area contributed by atoms with Gasteiger partial charge in [0.15, 0.2) is 0 Å². The van der Waals surface area contributed by atoms with Crippen LogP contribution in [-0.2, 0) is 9.53 Å². The molecule has 0 aliphatic rings. The number of unbranched alkanes of at least 4 members (excludes halogenated alkanes) is 2. The number of rotatable bonds is 7. The largest absolute Gasteiger partial charge is 0.379 e. The third kappa shape index (κ3) is 7.97. The molecule has 2 heteroatoms. The molecule has 0 saturated carbocycles. The lowest BCUT2D eigenvalue weighted by Gasteiger charge is -2.22. The van der Waals surface area contributed by atoms with Gasteiger partial charge in [-0.15, -0.1) is 0 Å². The van der Waals surface area contributed by atoms with Crippen LogP contribution in [0, 0.1) is 0 Å². The van der Waals surface area contributed by atoms with Crippen molar-refractivity contribution in [2.45, 2.75) is 58.5 Å². The molecule has 13 heavy (non-hydrogen) atoms. The number of ketones is 1. The Morgan fingerprint density at radius 1 is 1.23 bits per heavy atom. The van der Waals surface area contributed by atoms with E-state index in [1.54, 1.807) is 14.0 Å². The fraction of sp³-hybridized carbons (Fsp3) is 0.909. The van der Waals surface area contributed by atoms with Crippen molar-refractivity contribution in [3.8, 4) is 0 Å². The van der Waals surface area contributed by atoms with Crippen molar-refractivity contribution < 1.29 is 9.53 Å². The zero-order valence-electron chi connectivity index (χ0n) is 9.35. The van der Waals surface area contributed by atoms with Gasteiger partial charge in [-0.2, -0.15) is 0 Å². The molecule has 0 spiro atoms. The number of carbonyl (C=O) groups is 1. The lowest BCUT2D eigenvalue weighted by atomic mass is 9.99. The first-order valence-corrected chi connectivity index (χ1v) is 5.02. The maximum absolute atomic E-state index is 10.6. The van der Waals surface area contributed by atoms with E-state index < -0.39 is 0 Å². The molecule has 0 fully saturated rings. The zero-order chi connectivity index (χ0) is 10.3. The number of methoxy groups -OCH3 is 1. The van der Waals surface area contributed by atoms with Crippen LogP contribution in [0.3, 0.4) is 0 Å². The van der Waals surface area contributed by atoms with Crippen molar-refractivity contribution in [1.29, 1.82) is 0 Å². The van der Waals surface area contributed by atoms with E-state index in [4.69, 9.17) is 4.74 Å². The lowest BCUT2D eigenvalue weighted by Crippen LogP contribution is -2.21. The minimum absolute atomic E-state index is 0.00375. The third-order valence-electron chi connectivity index (χ3n) is 2.36. The molecule has 0 N–H and O–H groups in total. The van der Waals surface area contributed by atoms with E-state index in [1.807, 2.05) is 0 Å². The van der Waals surface area contributed by atoms with Crippen LogP contribution in [0.5, 0.6) is 0 Å². The van der Waals surface area contributed by atoms with E-state index in [0.29, 0.717) is 5.78 Å². The number of ether oxygens (including phenoxy) is 1. The van der Waals surface area contributed by atoms with E-state index in [9.17, 15) is 4.79 Å². The highest BCUT2D eigenvalue weighted by atomic mass is 16.5. The van der Waals surface area contributed by atoms with Crippen LogP contribution in [0.2, 0.25) is 0 Å². The third-order valence-corrected chi connectivity index (χ3v) is 2.36. The van der Waals surface area contributed by atoms with Crippen LogP contribution in [0.25, 0.3) is 0 Å². The second-order valence-corrected chi connectivity index (χ2v) is 4.23. The van der Waals surface area contributed by atoms with Crippen LogP contribution < -0.4 is 0 Å². The molecule has 0 aromatic rings. The molecule has 2 nitrogen and oxygen atoms in total. The zero-order valence-corrected chi connectivity index (χ0v) is 9.35. The van der Waals surface area contributed by atoms with Gasteiger partial charge in [-0.3, -0.25) is 0 Å². The predicted octanol–water partition coefficient (Wildman–Crippen LogP) is 2.95. The molecule has 0 atom stereocenters. The molecule has 0 rings (SSSR count). The molecule has 0 amide bonds. The van der Waals surface area contributed by atoms with Gasteiger partial charge in [-0.25, -0.2) is 0 Å². The Kier molecular flexibility index (Phi) is 5.97. The molecule has 0 aromatic heterocycles. The fourth-order valence-corrected chi connectivity index (χ4v) is 1.20. The number of Topliss-reactive ketones (excluding diaryl/α,β-unsaturated/α-hetero) is 1. The summed E-state index contributed by atoms with van der Waals surface area (Å²) < 4.78 is 5.30. The minimum atomic E-state index is -0.00375. The second-order valence-electron chi connectivity index (χ2n) is 4.23. The SMILES string of the molecule is COC(C)(C)CCCCCC(C)=O. The summed E-state index contributed by atoms with van der Waals surface area (Å²) in [5, 5.41) is 0. The summed E-state index contributed by atoms with van der Waals surface area (Å²) in [4.78, 5) is 10.6. The molecule has 0 aliphatic heterocycles. The molecule has 78 valence electrons. The van der Waals surface area contributed by atoms with Crippen LogP contribution in [0.4, 0.5) is 0 Å². The smallest absolute Gasteiger partial charge is 0.129 e. The average molecular weight is 186 g/mol. The van der Waals surface area contributed by atoms with Gasteiger partial charge in [0.1, 0.15) is 5.78 Å². The first-order valence-electron chi connectivity index (χ1n) is 5.02. The molecule has 0 aromatic carbocycles. The van der Waals surface area contributed by atoms with Crippen molar-refractivity contribution in [2.75, 3.05) is 7.11 Å². The summed E-state index contributed by atoms with van der Waals surface area (Å²) in [5.41, 5.74) is -0.00375. The molecule has 0 radical (unpaired) electrons. The van der Waals surface area contributed by atoms with E-state index >= 15 is 0 Å². The Labute approximate surface area is 81.7 Å². The number of hydrogen-bond donors (Lipinski definition) is 0. The average Bonchev–Trinajstić information content (AvgIpc) is 2.03. The highest BCUT2D eigenvalue weighted by Gasteiger charge is 2.14. The highest BCUT2D eigenvalue weighted by Crippen LogP contribution is 2.17. The second kappa shape index (κ2) is 6.14. The Morgan fingerprint density at radius 2 is 1.85 bits per heavy atom. The summed E-state index contributed by atoms with van der Waals surface area (Å²) in [6.07, 6.45) is 5.10. The Hall–Kier alpha value is -0.370. The predicted molar refractivity (Wildman–Crippen MR) is 54.9 cm³/mol. The highest BCUT2D eigenvalue weighted by molar-refractivity contribution is 5.75. The van der Waals surface area contributed by atoms with Gasteiger partial charge >= 0.3 is 0 Å². The van der Waals surface area contributed by atoms with Crippen molar-refractivity contribution in [3.63, 3.8) is 0 Å². The van der Waals surface area contributed by atoms with E-state index in [2.05, 4.69) is 13.8 Å². The first-order chi connectivity index (χ1) is 5.98. The Balaban J connectivity index is 3.30. The van der Waals surface area contributed by atoms with Crippen LogP contribution >= 0.6 is 0 Å². The molecule has 0 heterocycles. The summed E-state index contributed by atoms with van der Waals surface area (Å²) in [7, 11) is 1.75. The van der Waals surface area contributed by atoms with Gasteiger partial charge in [-0.05, 0) is 33.6 Å². The first kappa shape index (κ1) is 12.6. The minimum Gasteiger partial charge on any atom is -0.379 e. The van der Waals surface area contributed by atoms with Crippen molar-refractivity contribution in [2.24, 2.45) is 0 Å². The summed E-state index contributed by atoms with van der Waals surface area (Å²) in [6, 6.07) is 0. The van der Waals surface area contributed by atoms with Crippen LogP contribution in [0.15, 0.2) is 0 Å². The lowest BCUT2D eigenvalue weighted by molar-refractivity contribution is -0.117. The van der Waals surface area contributed by atoms with Crippen LogP contribution in [-0.4, -0.2) is 18.5 Å². The van der Waals surface area contributed by atoms with E-state index in [0.717, 1.165) is 32.1 Å². The van der Waals surface area contributed by atoms with Gasteiger partial charge in [0.25, 0.3) is 0 Å². The van der Waals surface area contributed by atoms with Crippen molar-refractivity contribution in [3.05, 3.63) is 0 Å².